The lowest BCUT2D eigenvalue weighted by molar-refractivity contribution is -0.384. The number of carbonyl (C=O) groups excluding carboxylic acids is 3. The first kappa shape index (κ1) is 21.6. The number of nitro groups is 1. The van der Waals surface area contributed by atoms with Crippen LogP contribution >= 0.6 is 11.8 Å². The molecule has 0 bridgehead atoms. The van der Waals surface area contributed by atoms with Gasteiger partial charge in [0.1, 0.15) is 29.8 Å². The van der Waals surface area contributed by atoms with Crippen molar-refractivity contribution >= 4 is 35.2 Å². The Morgan fingerprint density at radius 1 is 1.16 bits per heavy atom. The van der Waals surface area contributed by atoms with Gasteiger partial charge in [-0.15, -0.1) is 11.8 Å². The predicted molar refractivity (Wildman–Crippen MR) is 114 cm³/mol. The Labute approximate surface area is 187 Å². The monoisotopic (exact) mass is 457 g/mol. The lowest BCUT2D eigenvalue weighted by Gasteiger charge is -2.43. The normalized spacial score (nSPS) is 21.3. The van der Waals surface area contributed by atoms with E-state index in [2.05, 4.69) is 5.32 Å². The Bertz CT molecular complexity index is 1030. The van der Waals surface area contributed by atoms with E-state index in [1.807, 2.05) is 6.07 Å². The van der Waals surface area contributed by atoms with Crippen molar-refractivity contribution < 1.29 is 28.8 Å². The maximum absolute atomic E-state index is 12.5. The number of rotatable bonds is 8. The zero-order chi connectivity index (χ0) is 22.7. The van der Waals surface area contributed by atoms with Crippen LogP contribution in [0.25, 0.3) is 0 Å². The largest absolute Gasteiger partial charge is 0.484 e. The molecule has 2 fully saturated rings. The van der Waals surface area contributed by atoms with Gasteiger partial charge >= 0.3 is 5.97 Å². The number of β-lactam (4-membered cyclic amide) rings is 1. The van der Waals surface area contributed by atoms with E-state index in [9.17, 15) is 24.5 Å². The zero-order valence-electron chi connectivity index (χ0n) is 16.7. The number of ether oxygens (including phenoxy) is 2. The average Bonchev–Trinajstić information content (AvgIpc) is 3.21. The second-order valence-corrected chi connectivity index (χ2v) is 8.31. The van der Waals surface area contributed by atoms with E-state index >= 15 is 0 Å². The number of nitro benzene ring substituents is 1. The van der Waals surface area contributed by atoms with E-state index in [1.54, 1.807) is 24.3 Å². The maximum atomic E-state index is 12.5. The minimum Gasteiger partial charge on any atom is -0.484 e. The van der Waals surface area contributed by atoms with Gasteiger partial charge in [0.25, 0.3) is 11.6 Å². The van der Waals surface area contributed by atoms with Crippen LogP contribution in [-0.2, 0) is 25.7 Å². The van der Waals surface area contributed by atoms with Gasteiger partial charge in [-0.2, -0.15) is 0 Å². The SMILES string of the molecule is O=C(COc1ccccc1)N[C@H]1C(=O)N2C(C(=O)OCc3ccc([N+](=O)[O-])cc3)CS[C@H]12. The highest BCUT2D eigenvalue weighted by atomic mass is 32.2. The fourth-order valence-corrected chi connectivity index (χ4v) is 4.89. The van der Waals surface area contributed by atoms with Crippen LogP contribution in [0.5, 0.6) is 5.75 Å². The van der Waals surface area contributed by atoms with Crippen LogP contribution in [0.15, 0.2) is 54.6 Å². The molecule has 1 N–H and O–H groups in total. The lowest BCUT2D eigenvalue weighted by Crippen LogP contribution is -2.70. The van der Waals surface area contributed by atoms with Crippen LogP contribution in [0.3, 0.4) is 0 Å². The summed E-state index contributed by atoms with van der Waals surface area (Å²) in [6.07, 6.45) is 0. The highest BCUT2D eigenvalue weighted by molar-refractivity contribution is 8.00. The molecule has 11 heteroatoms. The molecular weight excluding hydrogens is 438 g/mol. The summed E-state index contributed by atoms with van der Waals surface area (Å²) in [5.74, 6) is -0.399. The van der Waals surface area contributed by atoms with Gasteiger partial charge in [-0.25, -0.2) is 4.79 Å². The molecule has 3 atom stereocenters. The smallest absolute Gasteiger partial charge is 0.330 e. The molecule has 166 valence electrons. The number of benzene rings is 2. The third-order valence-corrected chi connectivity index (χ3v) is 6.42. The van der Waals surface area contributed by atoms with Gasteiger partial charge in [-0.1, -0.05) is 18.2 Å². The van der Waals surface area contributed by atoms with Crippen LogP contribution in [0.4, 0.5) is 5.69 Å². The van der Waals surface area contributed by atoms with E-state index in [0.29, 0.717) is 17.1 Å². The van der Waals surface area contributed by atoms with Gasteiger partial charge < -0.3 is 19.7 Å². The maximum Gasteiger partial charge on any atom is 0.330 e. The summed E-state index contributed by atoms with van der Waals surface area (Å²) >= 11 is 1.40. The van der Waals surface area contributed by atoms with E-state index < -0.39 is 28.9 Å². The average molecular weight is 457 g/mol. The Hall–Kier alpha value is -3.60. The number of hydrogen-bond donors (Lipinski definition) is 1. The number of nitrogens with zero attached hydrogens (tertiary/aromatic N) is 2. The summed E-state index contributed by atoms with van der Waals surface area (Å²) in [7, 11) is 0. The zero-order valence-corrected chi connectivity index (χ0v) is 17.5. The summed E-state index contributed by atoms with van der Waals surface area (Å²) in [4.78, 5) is 48.8. The highest BCUT2D eigenvalue weighted by Gasteiger charge is 2.57. The highest BCUT2D eigenvalue weighted by Crippen LogP contribution is 2.40. The number of para-hydroxylation sites is 1. The Balaban J connectivity index is 1.25. The predicted octanol–water partition coefficient (Wildman–Crippen LogP) is 1.49. The van der Waals surface area contributed by atoms with Crippen molar-refractivity contribution in [3.05, 3.63) is 70.3 Å². The lowest BCUT2D eigenvalue weighted by atomic mass is 10.0. The molecule has 0 aromatic heterocycles. The molecule has 2 heterocycles. The molecule has 0 spiro atoms. The molecule has 0 aliphatic carbocycles. The van der Waals surface area contributed by atoms with Crippen molar-refractivity contribution in [2.24, 2.45) is 0 Å². The quantitative estimate of drug-likeness (QED) is 0.273. The standard InChI is InChI=1S/C21H19N3O7S/c25-17(11-30-15-4-2-1-3-5-15)22-18-19(26)23-16(12-32-20(18)23)21(27)31-10-13-6-8-14(9-7-13)24(28)29/h1-9,16,18,20H,10-12H2,(H,22,25)/t16?,18-,20+/m0/s1. The first-order valence-electron chi connectivity index (χ1n) is 9.75. The topological polar surface area (TPSA) is 128 Å². The number of esters is 1. The number of thioether (sulfide) groups is 1. The van der Waals surface area contributed by atoms with Crippen molar-refractivity contribution in [2.45, 2.75) is 24.1 Å². The molecule has 2 aliphatic rings. The van der Waals surface area contributed by atoms with E-state index in [-0.39, 0.29) is 30.2 Å². The van der Waals surface area contributed by atoms with Gasteiger partial charge in [0.05, 0.1) is 4.92 Å². The second kappa shape index (κ2) is 9.27. The minimum absolute atomic E-state index is 0.0523. The van der Waals surface area contributed by atoms with Crippen molar-refractivity contribution in [1.82, 2.24) is 10.2 Å². The van der Waals surface area contributed by atoms with Gasteiger partial charge in [0.2, 0.25) is 5.91 Å². The van der Waals surface area contributed by atoms with Crippen LogP contribution in [-0.4, -0.2) is 57.4 Å². The van der Waals surface area contributed by atoms with Crippen molar-refractivity contribution in [3.8, 4) is 5.75 Å². The van der Waals surface area contributed by atoms with Crippen molar-refractivity contribution in [2.75, 3.05) is 12.4 Å². The third kappa shape index (κ3) is 4.52. The molecule has 1 unspecified atom stereocenters. The van der Waals surface area contributed by atoms with Gasteiger partial charge in [0, 0.05) is 17.9 Å². The minimum atomic E-state index is -0.732. The van der Waals surface area contributed by atoms with E-state index in [0.717, 1.165) is 0 Å². The number of hydrogen-bond acceptors (Lipinski definition) is 8. The molecule has 2 aromatic rings. The molecule has 10 nitrogen and oxygen atoms in total. The summed E-state index contributed by atoms with van der Waals surface area (Å²) in [6.45, 7) is -0.270. The summed E-state index contributed by atoms with van der Waals surface area (Å²) < 4.78 is 10.7. The number of non-ortho nitro benzene ring substituents is 1. The van der Waals surface area contributed by atoms with Crippen LogP contribution < -0.4 is 10.1 Å². The Kier molecular flexibility index (Phi) is 6.26. The molecule has 2 saturated heterocycles. The number of amides is 2. The fraction of sp³-hybridized carbons (Fsp3) is 0.286. The molecule has 4 rings (SSSR count). The number of fused-ring (bicyclic) bond motifs is 1. The number of carbonyl (C=O) groups is 3. The molecular formula is C21H19N3O7S. The first-order chi connectivity index (χ1) is 15.4. The van der Waals surface area contributed by atoms with Gasteiger partial charge in [-0.05, 0) is 29.8 Å². The molecule has 0 radical (unpaired) electrons. The molecule has 2 aromatic carbocycles. The van der Waals surface area contributed by atoms with Crippen molar-refractivity contribution in [3.63, 3.8) is 0 Å². The van der Waals surface area contributed by atoms with Crippen LogP contribution in [0.2, 0.25) is 0 Å². The van der Waals surface area contributed by atoms with Gasteiger partial charge in [-0.3, -0.25) is 19.7 Å². The van der Waals surface area contributed by atoms with Gasteiger partial charge in [0.15, 0.2) is 6.61 Å². The van der Waals surface area contributed by atoms with Crippen molar-refractivity contribution in [1.29, 1.82) is 0 Å². The fourth-order valence-electron chi connectivity index (χ4n) is 3.42. The number of nitrogens with one attached hydrogen (secondary N) is 1. The van der Waals surface area contributed by atoms with E-state index in [4.69, 9.17) is 9.47 Å². The summed E-state index contributed by atoms with van der Waals surface area (Å²) in [6, 6.07) is 13.1. The Morgan fingerprint density at radius 3 is 2.56 bits per heavy atom. The second-order valence-electron chi connectivity index (χ2n) is 7.16. The summed E-state index contributed by atoms with van der Waals surface area (Å²) in [5.41, 5.74) is 0.549. The Morgan fingerprint density at radius 2 is 1.88 bits per heavy atom. The molecule has 2 aliphatic heterocycles. The van der Waals surface area contributed by atoms with E-state index in [1.165, 1.54) is 40.9 Å². The first-order valence-corrected chi connectivity index (χ1v) is 10.8. The van der Waals surface area contributed by atoms with Crippen LogP contribution in [0.1, 0.15) is 5.56 Å². The van der Waals surface area contributed by atoms with Crippen LogP contribution in [0, 0.1) is 10.1 Å². The molecule has 0 saturated carbocycles. The third-order valence-electron chi connectivity index (χ3n) is 5.07. The molecule has 2 amide bonds. The molecule has 32 heavy (non-hydrogen) atoms. The summed E-state index contributed by atoms with van der Waals surface area (Å²) in [5, 5.41) is 13.0.